The smallest absolute Gasteiger partial charge is 0.108 e. The van der Waals surface area contributed by atoms with Gasteiger partial charge in [0.05, 0.1) is 6.26 Å². The quantitative estimate of drug-likeness (QED) is 0.731. The average Bonchev–Trinajstić information content (AvgIpc) is 2.78. The summed E-state index contributed by atoms with van der Waals surface area (Å²) in [5.74, 6) is 3.90. The molecule has 18 heavy (non-hydrogen) atoms. The van der Waals surface area contributed by atoms with Crippen molar-refractivity contribution in [2.24, 2.45) is 11.8 Å². The molecule has 2 aliphatic rings. The maximum absolute atomic E-state index is 5.70. The minimum atomic E-state index is 0.270. The van der Waals surface area contributed by atoms with Crippen LogP contribution < -0.4 is 0 Å². The Bertz CT molecular complexity index is 469. The Hall–Kier alpha value is -0.630. The third kappa shape index (κ3) is 1.85. The number of thioether (sulfide) groups is 1. The third-order valence-electron chi connectivity index (χ3n) is 4.86. The lowest BCUT2D eigenvalue weighted by Crippen LogP contribution is -2.40. The molecule has 1 nitrogen and oxygen atoms in total. The van der Waals surface area contributed by atoms with E-state index in [1.807, 2.05) is 18.0 Å². The molecule has 0 fully saturated rings. The highest BCUT2D eigenvalue weighted by molar-refractivity contribution is 7.98. The molecular weight excluding hydrogens is 240 g/mol. The van der Waals surface area contributed by atoms with E-state index in [1.165, 1.54) is 29.9 Å². The summed E-state index contributed by atoms with van der Waals surface area (Å²) < 4.78 is 5.70. The molecular formula is C16H22OS. The minimum absolute atomic E-state index is 0.270. The standard InChI is InChI=1S/C16H22OS/c1-16(2)13-5-4-11(10-18-3)8-12(13)9-15-14(16)6-7-17-15/h6-8,12-13H,4-5,9-10H2,1-3H3. The van der Waals surface area contributed by atoms with Crippen LogP contribution in [0.3, 0.4) is 0 Å². The highest BCUT2D eigenvalue weighted by Crippen LogP contribution is 2.49. The van der Waals surface area contributed by atoms with Crippen molar-refractivity contribution in [2.45, 2.75) is 38.5 Å². The van der Waals surface area contributed by atoms with Gasteiger partial charge < -0.3 is 4.42 Å². The zero-order valence-electron chi connectivity index (χ0n) is 11.5. The Labute approximate surface area is 114 Å². The molecule has 2 atom stereocenters. The van der Waals surface area contributed by atoms with Crippen LogP contribution in [0.1, 0.15) is 38.0 Å². The summed E-state index contributed by atoms with van der Waals surface area (Å²) in [5, 5.41) is 0. The largest absolute Gasteiger partial charge is 0.469 e. The molecule has 2 unspecified atom stereocenters. The molecule has 0 saturated heterocycles. The van der Waals surface area contributed by atoms with E-state index >= 15 is 0 Å². The van der Waals surface area contributed by atoms with Crippen LogP contribution >= 0.6 is 11.8 Å². The van der Waals surface area contributed by atoms with Crippen molar-refractivity contribution in [1.29, 1.82) is 0 Å². The van der Waals surface area contributed by atoms with Crippen molar-refractivity contribution in [1.82, 2.24) is 0 Å². The summed E-state index contributed by atoms with van der Waals surface area (Å²) in [6.07, 6.45) is 10.4. The number of fused-ring (bicyclic) bond motifs is 2. The van der Waals surface area contributed by atoms with Crippen molar-refractivity contribution >= 4 is 11.8 Å². The van der Waals surface area contributed by atoms with E-state index in [-0.39, 0.29) is 5.41 Å². The molecule has 0 spiro atoms. The lowest BCUT2D eigenvalue weighted by atomic mass is 9.59. The molecule has 0 bridgehead atoms. The van der Waals surface area contributed by atoms with E-state index < -0.39 is 0 Å². The molecule has 1 heterocycles. The summed E-state index contributed by atoms with van der Waals surface area (Å²) in [5.41, 5.74) is 3.37. The van der Waals surface area contributed by atoms with E-state index in [0.29, 0.717) is 5.92 Å². The molecule has 0 aromatic carbocycles. The van der Waals surface area contributed by atoms with Crippen LogP contribution in [0, 0.1) is 11.8 Å². The molecule has 0 radical (unpaired) electrons. The molecule has 0 saturated carbocycles. The van der Waals surface area contributed by atoms with Gasteiger partial charge >= 0.3 is 0 Å². The summed E-state index contributed by atoms with van der Waals surface area (Å²) in [6.45, 7) is 4.79. The van der Waals surface area contributed by atoms with Crippen LogP contribution in [0.5, 0.6) is 0 Å². The average molecular weight is 262 g/mol. The van der Waals surface area contributed by atoms with Gasteiger partial charge in [0.2, 0.25) is 0 Å². The SMILES string of the molecule is CSCC1=CC2Cc3occc3C(C)(C)C2CC1. The van der Waals surface area contributed by atoms with Crippen molar-refractivity contribution in [3.63, 3.8) is 0 Å². The summed E-state index contributed by atoms with van der Waals surface area (Å²) >= 11 is 1.94. The van der Waals surface area contributed by atoms with Crippen LogP contribution in [0.15, 0.2) is 28.4 Å². The van der Waals surface area contributed by atoms with Gasteiger partial charge in [-0.1, -0.05) is 25.5 Å². The van der Waals surface area contributed by atoms with Crippen molar-refractivity contribution in [2.75, 3.05) is 12.0 Å². The molecule has 0 amide bonds. The van der Waals surface area contributed by atoms with E-state index in [9.17, 15) is 0 Å². The lowest BCUT2D eigenvalue weighted by Gasteiger charge is -2.45. The third-order valence-corrected chi connectivity index (χ3v) is 5.52. The molecule has 1 aromatic rings. The molecule has 2 heteroatoms. The molecule has 0 aliphatic heterocycles. The van der Waals surface area contributed by atoms with Gasteiger partial charge in [0.25, 0.3) is 0 Å². The second kappa shape index (κ2) is 4.48. The Morgan fingerprint density at radius 2 is 2.28 bits per heavy atom. The first kappa shape index (κ1) is 12.4. The van der Waals surface area contributed by atoms with Crippen LogP contribution in [0.4, 0.5) is 0 Å². The molecule has 0 N–H and O–H groups in total. The summed E-state index contributed by atoms with van der Waals surface area (Å²) in [4.78, 5) is 0. The van der Waals surface area contributed by atoms with Gasteiger partial charge in [-0.15, -0.1) is 0 Å². The Balaban J connectivity index is 1.95. The van der Waals surface area contributed by atoms with Crippen LogP contribution in [0.25, 0.3) is 0 Å². The van der Waals surface area contributed by atoms with Crippen LogP contribution in [-0.4, -0.2) is 12.0 Å². The normalized spacial score (nSPS) is 29.4. The van der Waals surface area contributed by atoms with Crippen LogP contribution in [0.2, 0.25) is 0 Å². The Morgan fingerprint density at radius 1 is 1.44 bits per heavy atom. The molecule has 2 aliphatic carbocycles. The maximum Gasteiger partial charge on any atom is 0.108 e. The summed E-state index contributed by atoms with van der Waals surface area (Å²) in [6, 6.07) is 2.19. The predicted molar refractivity (Wildman–Crippen MR) is 78.1 cm³/mol. The number of hydrogen-bond acceptors (Lipinski definition) is 2. The predicted octanol–water partition coefficient (Wildman–Crippen LogP) is 4.43. The van der Waals surface area contributed by atoms with Crippen LogP contribution in [-0.2, 0) is 11.8 Å². The first-order valence-corrected chi connectivity index (χ1v) is 8.27. The molecule has 3 rings (SSSR count). The highest BCUT2D eigenvalue weighted by atomic mass is 32.2. The monoisotopic (exact) mass is 262 g/mol. The minimum Gasteiger partial charge on any atom is -0.469 e. The fourth-order valence-electron chi connectivity index (χ4n) is 3.95. The number of rotatable bonds is 2. The van der Waals surface area contributed by atoms with E-state index in [4.69, 9.17) is 4.42 Å². The zero-order valence-corrected chi connectivity index (χ0v) is 12.3. The van der Waals surface area contributed by atoms with Gasteiger partial charge in [-0.3, -0.25) is 0 Å². The first-order chi connectivity index (χ1) is 8.63. The number of furan rings is 1. The van der Waals surface area contributed by atoms with E-state index in [1.54, 1.807) is 5.57 Å². The topological polar surface area (TPSA) is 13.1 Å². The second-order valence-electron chi connectivity index (χ2n) is 6.25. The van der Waals surface area contributed by atoms with Gasteiger partial charge in [0.1, 0.15) is 5.76 Å². The Kier molecular flexibility index (Phi) is 3.09. The van der Waals surface area contributed by atoms with Crippen molar-refractivity contribution in [3.05, 3.63) is 35.3 Å². The first-order valence-electron chi connectivity index (χ1n) is 6.88. The number of allylic oxidation sites excluding steroid dienone is 1. The fourth-order valence-corrected chi connectivity index (χ4v) is 4.56. The van der Waals surface area contributed by atoms with Gasteiger partial charge in [-0.05, 0) is 48.0 Å². The second-order valence-corrected chi connectivity index (χ2v) is 7.12. The van der Waals surface area contributed by atoms with Gasteiger partial charge in [-0.25, -0.2) is 0 Å². The fraction of sp³-hybridized carbons (Fsp3) is 0.625. The van der Waals surface area contributed by atoms with Crippen molar-refractivity contribution in [3.8, 4) is 0 Å². The number of hydrogen-bond donors (Lipinski definition) is 0. The van der Waals surface area contributed by atoms with Gasteiger partial charge in [0.15, 0.2) is 0 Å². The lowest BCUT2D eigenvalue weighted by molar-refractivity contribution is 0.188. The van der Waals surface area contributed by atoms with Gasteiger partial charge in [0, 0.05) is 12.2 Å². The van der Waals surface area contributed by atoms with E-state index in [2.05, 4.69) is 32.2 Å². The van der Waals surface area contributed by atoms with Gasteiger partial charge in [-0.2, -0.15) is 11.8 Å². The zero-order chi connectivity index (χ0) is 12.8. The maximum atomic E-state index is 5.70. The Morgan fingerprint density at radius 3 is 3.06 bits per heavy atom. The van der Waals surface area contributed by atoms with Crippen molar-refractivity contribution < 1.29 is 4.42 Å². The van der Waals surface area contributed by atoms with E-state index in [0.717, 1.165) is 12.3 Å². The molecule has 98 valence electrons. The molecule has 1 aromatic heterocycles. The summed E-state index contributed by atoms with van der Waals surface area (Å²) in [7, 11) is 0. The highest BCUT2D eigenvalue weighted by Gasteiger charge is 2.44.